The van der Waals surface area contributed by atoms with Crippen LogP contribution in [0.25, 0.3) is 0 Å². The highest BCUT2D eigenvalue weighted by molar-refractivity contribution is 6.42. The minimum atomic E-state index is -0.0984. The maximum absolute atomic E-state index is 12.0. The van der Waals surface area contributed by atoms with E-state index in [4.69, 9.17) is 23.2 Å². The molecule has 2 nitrogen and oxygen atoms in total. The molecule has 0 bridgehead atoms. The third-order valence-electron chi connectivity index (χ3n) is 3.06. The van der Waals surface area contributed by atoms with E-state index in [1.54, 1.807) is 12.1 Å². The van der Waals surface area contributed by atoms with Crippen molar-refractivity contribution in [1.29, 1.82) is 0 Å². The van der Waals surface area contributed by atoms with Gasteiger partial charge < -0.3 is 5.32 Å². The van der Waals surface area contributed by atoms with Crippen LogP contribution in [0.4, 0.5) is 0 Å². The number of rotatable bonds is 4. The van der Waals surface area contributed by atoms with E-state index in [1.165, 1.54) is 5.56 Å². The van der Waals surface area contributed by atoms with Crippen molar-refractivity contribution in [2.75, 3.05) is 0 Å². The molecule has 0 saturated carbocycles. The lowest BCUT2D eigenvalue weighted by Gasteiger charge is -2.07. The summed E-state index contributed by atoms with van der Waals surface area (Å²) in [5, 5.41) is 3.86. The van der Waals surface area contributed by atoms with Crippen LogP contribution in [0.2, 0.25) is 10.0 Å². The Balaban J connectivity index is 1.98. The van der Waals surface area contributed by atoms with Gasteiger partial charge in [0.15, 0.2) is 0 Å². The summed E-state index contributed by atoms with van der Waals surface area (Å²) in [7, 11) is 0. The van der Waals surface area contributed by atoms with Crippen molar-refractivity contribution in [3.63, 3.8) is 0 Å². The van der Waals surface area contributed by atoms with Crippen molar-refractivity contribution >= 4 is 29.1 Å². The second-order valence-electron chi connectivity index (χ2n) is 4.48. The summed E-state index contributed by atoms with van der Waals surface area (Å²) in [4.78, 5) is 12.0. The van der Waals surface area contributed by atoms with Crippen LogP contribution in [-0.4, -0.2) is 5.91 Å². The molecule has 2 aromatic rings. The molecule has 0 fully saturated rings. The lowest BCUT2D eigenvalue weighted by molar-refractivity contribution is 0.0951. The Labute approximate surface area is 128 Å². The summed E-state index contributed by atoms with van der Waals surface area (Å²) in [6.45, 7) is 2.50. The lowest BCUT2D eigenvalue weighted by Crippen LogP contribution is -2.22. The Kier molecular flexibility index (Phi) is 5.05. The normalized spacial score (nSPS) is 10.3. The molecule has 2 rings (SSSR count). The van der Waals surface area contributed by atoms with Gasteiger partial charge in [-0.15, -0.1) is 0 Å². The number of carbonyl (C=O) groups is 1. The average molecular weight is 308 g/mol. The molecule has 0 aromatic heterocycles. The highest BCUT2D eigenvalue weighted by Crippen LogP contribution is 2.22. The van der Waals surface area contributed by atoms with E-state index in [2.05, 4.69) is 12.2 Å². The van der Waals surface area contributed by atoms with Gasteiger partial charge in [-0.1, -0.05) is 48.3 Å². The molecule has 1 amide bonds. The van der Waals surface area contributed by atoms with Gasteiger partial charge in [-0.25, -0.2) is 0 Å². The van der Waals surface area contributed by atoms with Crippen LogP contribution in [0.15, 0.2) is 42.5 Å². The number of hydrogen-bond acceptors (Lipinski definition) is 1. The van der Waals surface area contributed by atoms with Crippen molar-refractivity contribution in [3.05, 3.63) is 69.2 Å². The van der Waals surface area contributed by atoms with Crippen molar-refractivity contribution in [2.24, 2.45) is 0 Å². The zero-order valence-corrected chi connectivity index (χ0v) is 12.6. The Morgan fingerprint density at radius 2 is 1.65 bits per heavy atom. The van der Waals surface area contributed by atoms with Gasteiger partial charge in [-0.2, -0.15) is 0 Å². The molecular weight excluding hydrogens is 293 g/mol. The molecule has 0 aliphatic rings. The van der Waals surface area contributed by atoms with Gasteiger partial charge in [0.1, 0.15) is 0 Å². The number of nitrogens with one attached hydrogen (secondary N) is 1. The van der Waals surface area contributed by atoms with Crippen LogP contribution in [0, 0.1) is 0 Å². The highest BCUT2D eigenvalue weighted by Gasteiger charge is 2.06. The Morgan fingerprint density at radius 3 is 2.25 bits per heavy atom. The predicted octanol–water partition coefficient (Wildman–Crippen LogP) is 4.49. The largest absolute Gasteiger partial charge is 0.348 e. The number of aryl methyl sites for hydroxylation is 1. The molecule has 4 heteroatoms. The minimum absolute atomic E-state index is 0.0984. The summed E-state index contributed by atoms with van der Waals surface area (Å²) < 4.78 is 0. The smallest absolute Gasteiger partial charge is 0.251 e. The van der Waals surface area contributed by atoms with Crippen LogP contribution >= 0.6 is 23.2 Å². The minimum Gasteiger partial charge on any atom is -0.348 e. The average Bonchev–Trinajstić information content (AvgIpc) is 2.48. The van der Waals surface area contributed by atoms with Crippen molar-refractivity contribution in [3.8, 4) is 0 Å². The number of hydrogen-bond donors (Lipinski definition) is 1. The third kappa shape index (κ3) is 3.75. The van der Waals surface area contributed by atoms with Gasteiger partial charge in [0.25, 0.3) is 5.91 Å². The maximum atomic E-state index is 12.0. The fourth-order valence-corrected chi connectivity index (χ4v) is 2.15. The van der Waals surface area contributed by atoms with Crippen LogP contribution in [0.3, 0.4) is 0 Å². The SMILES string of the molecule is CCc1ccc(C(=O)NCc2ccc(Cl)c(Cl)c2)cc1. The standard InChI is InChI=1S/C16H15Cl2NO/c1-2-11-3-6-13(7-4-11)16(20)19-10-12-5-8-14(17)15(18)9-12/h3-9H,2,10H2,1H3,(H,19,20). The first-order chi connectivity index (χ1) is 9.60. The summed E-state index contributed by atoms with van der Waals surface area (Å²) in [5.41, 5.74) is 2.78. The van der Waals surface area contributed by atoms with E-state index < -0.39 is 0 Å². The summed E-state index contributed by atoms with van der Waals surface area (Å²) in [6, 6.07) is 12.9. The number of benzene rings is 2. The molecule has 0 heterocycles. The molecule has 2 aromatic carbocycles. The molecular formula is C16H15Cl2NO. The Hall–Kier alpha value is -1.51. The monoisotopic (exact) mass is 307 g/mol. The van der Waals surface area contributed by atoms with Crippen molar-refractivity contribution < 1.29 is 4.79 Å². The van der Waals surface area contributed by atoms with Crippen LogP contribution < -0.4 is 5.32 Å². The van der Waals surface area contributed by atoms with E-state index >= 15 is 0 Å². The quantitative estimate of drug-likeness (QED) is 0.886. The van der Waals surface area contributed by atoms with E-state index in [1.807, 2.05) is 30.3 Å². The predicted molar refractivity (Wildman–Crippen MR) is 83.5 cm³/mol. The van der Waals surface area contributed by atoms with Gasteiger partial charge in [0.05, 0.1) is 10.0 Å². The molecule has 104 valence electrons. The molecule has 20 heavy (non-hydrogen) atoms. The second-order valence-corrected chi connectivity index (χ2v) is 5.30. The summed E-state index contributed by atoms with van der Waals surface area (Å²) in [6.07, 6.45) is 0.963. The number of halogens is 2. The van der Waals surface area contributed by atoms with E-state index in [9.17, 15) is 4.79 Å². The van der Waals surface area contributed by atoms with Gasteiger partial charge >= 0.3 is 0 Å². The first kappa shape index (κ1) is 14.9. The Bertz CT molecular complexity index is 608. The molecule has 0 atom stereocenters. The van der Waals surface area contributed by atoms with Crippen LogP contribution in [0.5, 0.6) is 0 Å². The van der Waals surface area contributed by atoms with Gasteiger partial charge in [0.2, 0.25) is 0 Å². The van der Waals surface area contributed by atoms with E-state index in [0.717, 1.165) is 12.0 Å². The Morgan fingerprint density at radius 1 is 1.00 bits per heavy atom. The van der Waals surface area contributed by atoms with Crippen molar-refractivity contribution in [2.45, 2.75) is 19.9 Å². The number of carbonyl (C=O) groups excluding carboxylic acids is 1. The maximum Gasteiger partial charge on any atom is 0.251 e. The zero-order chi connectivity index (χ0) is 14.5. The molecule has 0 aliphatic heterocycles. The van der Waals surface area contributed by atoms with Crippen LogP contribution in [0.1, 0.15) is 28.4 Å². The summed E-state index contributed by atoms with van der Waals surface area (Å²) >= 11 is 11.8. The highest BCUT2D eigenvalue weighted by atomic mass is 35.5. The first-order valence-corrected chi connectivity index (χ1v) is 7.17. The van der Waals surface area contributed by atoms with E-state index in [0.29, 0.717) is 22.2 Å². The van der Waals surface area contributed by atoms with E-state index in [-0.39, 0.29) is 5.91 Å². The first-order valence-electron chi connectivity index (χ1n) is 6.41. The lowest BCUT2D eigenvalue weighted by atomic mass is 10.1. The molecule has 0 radical (unpaired) electrons. The summed E-state index contributed by atoms with van der Waals surface area (Å²) in [5.74, 6) is -0.0984. The molecule has 0 unspecified atom stereocenters. The molecule has 0 aliphatic carbocycles. The van der Waals surface area contributed by atoms with Crippen molar-refractivity contribution in [1.82, 2.24) is 5.32 Å². The number of amides is 1. The zero-order valence-electron chi connectivity index (χ0n) is 11.1. The van der Waals surface area contributed by atoms with Crippen LogP contribution in [-0.2, 0) is 13.0 Å². The topological polar surface area (TPSA) is 29.1 Å². The van der Waals surface area contributed by atoms with Gasteiger partial charge in [-0.05, 0) is 41.8 Å². The van der Waals surface area contributed by atoms with Gasteiger partial charge in [-0.3, -0.25) is 4.79 Å². The third-order valence-corrected chi connectivity index (χ3v) is 3.80. The fourth-order valence-electron chi connectivity index (χ4n) is 1.83. The molecule has 0 spiro atoms. The molecule has 0 saturated heterocycles. The van der Waals surface area contributed by atoms with Gasteiger partial charge in [0, 0.05) is 12.1 Å². The second kappa shape index (κ2) is 6.78. The molecule has 1 N–H and O–H groups in total. The fraction of sp³-hybridized carbons (Fsp3) is 0.188.